The molecule has 0 amide bonds. The van der Waals surface area contributed by atoms with E-state index in [1.165, 1.54) is 10.9 Å². The molecule has 0 N–H and O–H groups in total. The van der Waals surface area contributed by atoms with Gasteiger partial charge in [-0.05, 0) is 43.6 Å². The van der Waals surface area contributed by atoms with E-state index in [-0.39, 0.29) is 24.1 Å². The van der Waals surface area contributed by atoms with E-state index in [0.717, 1.165) is 37.0 Å². The first-order chi connectivity index (χ1) is 13.8. The number of fused-ring (bicyclic) bond motifs is 1. The van der Waals surface area contributed by atoms with Crippen LogP contribution in [0.15, 0.2) is 11.1 Å². The summed E-state index contributed by atoms with van der Waals surface area (Å²) in [5.41, 5.74) is 0.195. The lowest BCUT2D eigenvalue weighted by molar-refractivity contribution is -0.152. The van der Waals surface area contributed by atoms with Crippen molar-refractivity contribution in [2.24, 2.45) is 11.8 Å². The summed E-state index contributed by atoms with van der Waals surface area (Å²) in [6.07, 6.45) is 5.21. The molecule has 1 aliphatic rings. The van der Waals surface area contributed by atoms with Crippen LogP contribution in [0.5, 0.6) is 0 Å². The molecule has 7 nitrogen and oxygen atoms in total. The third kappa shape index (κ3) is 5.04. The molecule has 0 bridgehead atoms. The van der Waals surface area contributed by atoms with Gasteiger partial charge in [-0.1, -0.05) is 27.2 Å². The molecule has 2 aromatic rings. The average Bonchev–Trinajstić information content (AvgIpc) is 2.99. The molecule has 3 rings (SSSR count). The number of nitrogens with zero attached hydrogens (tertiary/aromatic N) is 2. The Morgan fingerprint density at radius 3 is 2.79 bits per heavy atom. The minimum atomic E-state index is -0.448. The first-order valence-corrected chi connectivity index (χ1v) is 10.9. The van der Waals surface area contributed by atoms with E-state index in [1.54, 1.807) is 6.92 Å². The number of aromatic nitrogens is 2. The molecule has 2 atom stereocenters. The van der Waals surface area contributed by atoms with E-state index in [1.807, 2.05) is 13.8 Å². The first-order valence-electron chi connectivity index (χ1n) is 10.1. The summed E-state index contributed by atoms with van der Waals surface area (Å²) < 4.78 is 12.1. The van der Waals surface area contributed by atoms with Gasteiger partial charge in [0.05, 0.1) is 18.3 Å². The molecule has 0 radical (unpaired) electrons. The largest absolute Gasteiger partial charge is 0.461 e. The summed E-state index contributed by atoms with van der Waals surface area (Å²) >= 11 is 1.14. The molecule has 8 heteroatoms. The summed E-state index contributed by atoms with van der Waals surface area (Å²) in [5, 5.41) is 0.355. The van der Waals surface area contributed by atoms with Gasteiger partial charge < -0.3 is 9.47 Å². The second kappa shape index (κ2) is 9.07. The van der Waals surface area contributed by atoms with Gasteiger partial charge in [-0.15, -0.1) is 11.3 Å². The van der Waals surface area contributed by atoms with Gasteiger partial charge in [0.15, 0.2) is 0 Å². The fourth-order valence-electron chi connectivity index (χ4n) is 3.62. The highest BCUT2D eigenvalue weighted by Gasteiger charge is 2.24. The number of hydrogen-bond acceptors (Lipinski definition) is 7. The van der Waals surface area contributed by atoms with E-state index in [2.05, 4.69) is 11.9 Å². The highest BCUT2D eigenvalue weighted by Crippen LogP contribution is 2.28. The minimum absolute atomic E-state index is 0.0798. The minimum Gasteiger partial charge on any atom is -0.461 e. The average molecular weight is 421 g/mol. The Bertz CT molecular complexity index is 962. The number of aryl methyl sites for hydroxylation is 1. The number of esters is 2. The van der Waals surface area contributed by atoms with Crippen LogP contribution in [0, 0.1) is 18.8 Å². The molecular weight excluding hydrogens is 392 g/mol. The predicted octanol–water partition coefficient (Wildman–Crippen LogP) is 3.70. The van der Waals surface area contributed by atoms with Crippen LogP contribution in [-0.2, 0) is 20.8 Å². The Balaban J connectivity index is 1.77. The van der Waals surface area contributed by atoms with Gasteiger partial charge in [0.1, 0.15) is 22.4 Å². The number of thiophene rings is 1. The summed E-state index contributed by atoms with van der Waals surface area (Å²) in [7, 11) is 0. The van der Waals surface area contributed by atoms with Crippen molar-refractivity contribution in [2.75, 3.05) is 6.61 Å². The van der Waals surface area contributed by atoms with Crippen molar-refractivity contribution < 1.29 is 19.1 Å². The molecule has 1 fully saturated rings. The normalized spacial score (nSPS) is 19.5. The molecule has 0 unspecified atom stereocenters. The fourth-order valence-corrected chi connectivity index (χ4v) is 4.66. The molecule has 0 aromatic carbocycles. The third-order valence-corrected chi connectivity index (χ3v) is 6.32. The molecular formula is C21H28N2O5S. The zero-order valence-electron chi connectivity index (χ0n) is 17.4. The third-order valence-electron chi connectivity index (χ3n) is 5.14. The molecule has 158 valence electrons. The lowest BCUT2D eigenvalue weighted by Crippen LogP contribution is -2.30. The Hall–Kier alpha value is -2.22. The molecule has 0 aliphatic heterocycles. The molecule has 29 heavy (non-hydrogen) atoms. The van der Waals surface area contributed by atoms with E-state index in [4.69, 9.17) is 9.47 Å². The Morgan fingerprint density at radius 2 is 2.10 bits per heavy atom. The van der Waals surface area contributed by atoms with Crippen LogP contribution in [0.1, 0.15) is 61.7 Å². The zero-order chi connectivity index (χ0) is 21.1. The van der Waals surface area contributed by atoms with Gasteiger partial charge in [-0.3, -0.25) is 14.2 Å². The molecule has 0 spiro atoms. The number of ether oxygens (including phenoxy) is 2. The van der Waals surface area contributed by atoms with Crippen LogP contribution in [-0.4, -0.2) is 34.2 Å². The molecule has 2 aromatic heterocycles. The number of carbonyl (C=O) groups excluding carboxylic acids is 2. The molecule has 1 saturated carbocycles. The monoisotopic (exact) mass is 420 g/mol. The van der Waals surface area contributed by atoms with Crippen LogP contribution in [0.3, 0.4) is 0 Å². The highest BCUT2D eigenvalue weighted by molar-refractivity contribution is 7.20. The predicted molar refractivity (Wildman–Crippen MR) is 111 cm³/mol. The molecule has 2 heterocycles. The van der Waals surface area contributed by atoms with E-state index in [0.29, 0.717) is 33.2 Å². The maximum absolute atomic E-state index is 12.9. The van der Waals surface area contributed by atoms with Crippen molar-refractivity contribution in [1.82, 2.24) is 9.55 Å². The van der Waals surface area contributed by atoms with Crippen LogP contribution < -0.4 is 5.56 Å². The fraction of sp³-hybridized carbons (Fsp3) is 0.619. The number of carbonyl (C=O) groups is 2. The lowest BCUT2D eigenvalue weighted by Gasteiger charge is -2.26. The van der Waals surface area contributed by atoms with Crippen molar-refractivity contribution in [3.8, 4) is 0 Å². The first kappa shape index (κ1) is 21.5. The van der Waals surface area contributed by atoms with Crippen LogP contribution in [0.2, 0.25) is 0 Å². The maximum atomic E-state index is 12.9. The lowest BCUT2D eigenvalue weighted by atomic mass is 9.89. The van der Waals surface area contributed by atoms with Gasteiger partial charge in [-0.2, -0.15) is 0 Å². The smallest absolute Gasteiger partial charge is 0.348 e. The summed E-state index contributed by atoms with van der Waals surface area (Å²) in [5.74, 6) is -0.112. The van der Waals surface area contributed by atoms with E-state index >= 15 is 0 Å². The second-order valence-electron chi connectivity index (χ2n) is 8.29. The van der Waals surface area contributed by atoms with E-state index < -0.39 is 11.9 Å². The van der Waals surface area contributed by atoms with Gasteiger partial charge >= 0.3 is 11.9 Å². The highest BCUT2D eigenvalue weighted by atomic mass is 32.1. The summed E-state index contributed by atoms with van der Waals surface area (Å²) in [6, 6.07) is 0. The van der Waals surface area contributed by atoms with Gasteiger partial charge in [0.2, 0.25) is 0 Å². The number of rotatable bonds is 6. The quantitative estimate of drug-likeness (QED) is 0.662. The van der Waals surface area contributed by atoms with Crippen molar-refractivity contribution in [1.29, 1.82) is 0 Å². The standard InChI is InChI=1S/C21H28N2O5S/c1-12(2)10-27-21(26)18-14(4)17-19(29-18)22-11-23(20(17)25)9-16(24)28-15-7-5-6-13(3)8-15/h11-13,15H,5-10H2,1-4H3/t13-,15+/m1/s1. The van der Waals surface area contributed by atoms with Gasteiger partial charge in [0, 0.05) is 0 Å². The molecule has 1 aliphatic carbocycles. The zero-order valence-corrected chi connectivity index (χ0v) is 18.2. The molecule has 0 saturated heterocycles. The Labute approximate surface area is 174 Å². The Kier molecular flexibility index (Phi) is 6.72. The SMILES string of the molecule is Cc1c(C(=O)OCC(C)C)sc2ncn(CC(=O)O[C@H]3CCC[C@@H](C)C3)c(=O)c12. The van der Waals surface area contributed by atoms with Crippen LogP contribution in [0.4, 0.5) is 0 Å². The van der Waals surface area contributed by atoms with E-state index in [9.17, 15) is 14.4 Å². The van der Waals surface area contributed by atoms with Crippen molar-refractivity contribution in [2.45, 2.75) is 66.0 Å². The van der Waals surface area contributed by atoms with Crippen LogP contribution in [0.25, 0.3) is 10.2 Å². The Morgan fingerprint density at radius 1 is 1.34 bits per heavy atom. The topological polar surface area (TPSA) is 87.5 Å². The summed E-state index contributed by atoms with van der Waals surface area (Å²) in [6.45, 7) is 7.91. The van der Waals surface area contributed by atoms with Gasteiger partial charge in [0.25, 0.3) is 5.56 Å². The summed E-state index contributed by atoms with van der Waals surface area (Å²) in [4.78, 5) is 42.7. The van der Waals surface area contributed by atoms with Crippen molar-refractivity contribution in [3.63, 3.8) is 0 Å². The second-order valence-corrected chi connectivity index (χ2v) is 9.29. The van der Waals surface area contributed by atoms with Gasteiger partial charge in [-0.25, -0.2) is 9.78 Å². The van der Waals surface area contributed by atoms with Crippen molar-refractivity contribution in [3.05, 3.63) is 27.1 Å². The number of hydrogen-bond donors (Lipinski definition) is 0. The maximum Gasteiger partial charge on any atom is 0.348 e. The van der Waals surface area contributed by atoms with Crippen LogP contribution >= 0.6 is 11.3 Å². The van der Waals surface area contributed by atoms with Crippen molar-refractivity contribution >= 4 is 33.5 Å².